The summed E-state index contributed by atoms with van der Waals surface area (Å²) in [5.41, 5.74) is 0.820. The first kappa shape index (κ1) is 38.7. The molecule has 4 fully saturated rings. The molecule has 49 heavy (non-hydrogen) atoms. The third kappa shape index (κ3) is 8.79. The van der Waals surface area contributed by atoms with Crippen LogP contribution in [-0.2, 0) is 25.3 Å². The molecule has 1 aliphatic heterocycles. The number of carbonyl (C=O) groups is 2. The van der Waals surface area contributed by atoms with E-state index in [-0.39, 0.29) is 35.9 Å². The number of rotatable bonds is 15. The first-order chi connectivity index (χ1) is 22.9. The highest BCUT2D eigenvalue weighted by atomic mass is 16.7. The SMILES string of the molecule is C=C(N[C@@H](CC(C)C)B1O[C@@H]2[C@@H](C[C@H]3C[C@@H]2C3(C)C)O1)[C@@H](NC(=O)[C@H](Cc1ccc(OC)c(OC)c1OC)NC(=O)OC(C)(C)C)C(C)C. The summed E-state index contributed by atoms with van der Waals surface area (Å²) < 4.78 is 35.5. The summed E-state index contributed by atoms with van der Waals surface area (Å²) in [6, 6.07) is 2.05. The van der Waals surface area contributed by atoms with Crippen molar-refractivity contribution in [2.75, 3.05) is 21.3 Å². The molecule has 274 valence electrons. The third-order valence-electron chi connectivity index (χ3n) is 10.4. The zero-order valence-corrected chi connectivity index (χ0v) is 31.7. The van der Waals surface area contributed by atoms with Crippen molar-refractivity contribution in [2.24, 2.45) is 29.1 Å². The van der Waals surface area contributed by atoms with Crippen LogP contribution in [0, 0.1) is 29.1 Å². The molecule has 2 bridgehead atoms. The largest absolute Gasteiger partial charge is 0.493 e. The van der Waals surface area contributed by atoms with Crippen molar-refractivity contribution in [3.8, 4) is 17.2 Å². The topological polar surface area (TPSA) is 126 Å². The fraction of sp³-hybridized carbons (Fsp3) is 0.730. The van der Waals surface area contributed by atoms with Crippen LogP contribution in [0.25, 0.3) is 0 Å². The van der Waals surface area contributed by atoms with Crippen LogP contribution < -0.4 is 30.2 Å². The summed E-state index contributed by atoms with van der Waals surface area (Å²) in [5.74, 6) is 2.27. The maximum atomic E-state index is 14.1. The number of nitrogens with one attached hydrogen (secondary N) is 3. The maximum absolute atomic E-state index is 14.1. The van der Waals surface area contributed by atoms with Gasteiger partial charge in [-0.2, -0.15) is 0 Å². The first-order valence-corrected chi connectivity index (χ1v) is 17.7. The lowest BCUT2D eigenvalue weighted by Crippen LogP contribution is -2.59. The second-order valence-corrected chi connectivity index (χ2v) is 16.3. The minimum atomic E-state index is -1.01. The fourth-order valence-corrected chi connectivity index (χ4v) is 7.74. The van der Waals surface area contributed by atoms with Crippen molar-refractivity contribution in [3.63, 3.8) is 0 Å². The summed E-state index contributed by atoms with van der Waals surface area (Å²) in [6.45, 7) is 22.8. The molecule has 3 saturated carbocycles. The molecular formula is C37H60BN3O8. The zero-order valence-electron chi connectivity index (χ0n) is 31.7. The van der Waals surface area contributed by atoms with Crippen LogP contribution in [0.5, 0.6) is 17.2 Å². The van der Waals surface area contributed by atoms with Crippen molar-refractivity contribution >= 4 is 19.1 Å². The Balaban J connectivity index is 1.54. The van der Waals surface area contributed by atoms with Crippen LogP contribution in [0.2, 0.25) is 0 Å². The van der Waals surface area contributed by atoms with Gasteiger partial charge in [0.05, 0.1) is 45.5 Å². The molecule has 1 heterocycles. The highest BCUT2D eigenvalue weighted by molar-refractivity contribution is 6.47. The number of amides is 2. The van der Waals surface area contributed by atoms with Gasteiger partial charge in [-0.25, -0.2) is 4.79 Å². The molecule has 2 amide bonds. The summed E-state index contributed by atoms with van der Waals surface area (Å²) >= 11 is 0. The normalized spacial score (nSPS) is 24.2. The molecule has 3 N–H and O–H groups in total. The number of ether oxygens (including phenoxy) is 4. The van der Waals surface area contributed by atoms with E-state index in [2.05, 4.69) is 50.2 Å². The number of hydrogen-bond donors (Lipinski definition) is 3. The Hall–Kier alpha value is -3.12. The van der Waals surface area contributed by atoms with Crippen molar-refractivity contribution in [1.82, 2.24) is 16.0 Å². The van der Waals surface area contributed by atoms with E-state index in [4.69, 9.17) is 28.3 Å². The Bertz CT molecular complexity index is 1350. The van der Waals surface area contributed by atoms with Gasteiger partial charge in [-0.3, -0.25) is 4.79 Å². The van der Waals surface area contributed by atoms with Gasteiger partial charge in [-0.05, 0) is 75.2 Å². The van der Waals surface area contributed by atoms with Gasteiger partial charge in [-0.1, -0.05) is 54.2 Å². The number of hydrogen-bond acceptors (Lipinski definition) is 9. The third-order valence-corrected chi connectivity index (χ3v) is 10.4. The summed E-state index contributed by atoms with van der Waals surface area (Å²) in [4.78, 5) is 27.2. The molecular weight excluding hydrogens is 625 g/mol. The lowest BCUT2D eigenvalue weighted by molar-refractivity contribution is -0.150. The minimum absolute atomic E-state index is 0.0255. The number of alkyl carbamates (subject to hydrolysis) is 1. The van der Waals surface area contributed by atoms with Gasteiger partial charge in [0, 0.05) is 17.7 Å². The summed E-state index contributed by atoms with van der Waals surface area (Å²) in [6.07, 6.45) is 2.64. The molecule has 4 aliphatic rings. The van der Waals surface area contributed by atoms with Crippen molar-refractivity contribution in [3.05, 3.63) is 30.0 Å². The van der Waals surface area contributed by atoms with Gasteiger partial charge < -0.3 is 44.2 Å². The van der Waals surface area contributed by atoms with E-state index in [0.717, 1.165) is 12.8 Å². The Kier molecular flexibility index (Phi) is 12.2. The van der Waals surface area contributed by atoms with E-state index in [1.807, 2.05) is 13.8 Å². The van der Waals surface area contributed by atoms with E-state index in [1.54, 1.807) is 32.9 Å². The standard InChI is InChI=1S/C37H60BN3O8/c1-20(2)16-29(38-48-28-19-24-18-25(32(28)49-38)37(24,9)10)39-22(5)30(21(3)4)41-34(42)26(40-35(43)47-36(6,7)8)17-23-14-15-27(44-11)33(46-13)31(23)45-12/h14-15,20-21,24-26,28-30,32,39H,5,16-19H2,1-4,6-13H3,(H,40,43)(H,41,42)/t24-,25+,26+,28-,29+,30+,32+/m1/s1. The molecule has 0 unspecified atom stereocenters. The second-order valence-electron chi connectivity index (χ2n) is 16.3. The summed E-state index contributed by atoms with van der Waals surface area (Å²) in [5, 5.41) is 9.57. The highest BCUT2D eigenvalue weighted by Gasteiger charge is 2.62. The Morgan fingerprint density at radius 1 is 0.980 bits per heavy atom. The second kappa shape index (κ2) is 15.4. The molecule has 3 aliphatic carbocycles. The van der Waals surface area contributed by atoms with E-state index in [1.165, 1.54) is 27.8 Å². The van der Waals surface area contributed by atoms with Crippen molar-refractivity contribution in [2.45, 2.75) is 124 Å². The van der Waals surface area contributed by atoms with Crippen LogP contribution in [0.1, 0.15) is 87.1 Å². The van der Waals surface area contributed by atoms with Crippen LogP contribution in [0.3, 0.4) is 0 Å². The molecule has 0 radical (unpaired) electrons. The smallest absolute Gasteiger partial charge is 0.481 e. The Labute approximate surface area is 294 Å². The Morgan fingerprint density at radius 3 is 2.20 bits per heavy atom. The molecule has 1 saturated heterocycles. The molecule has 0 aromatic heterocycles. The van der Waals surface area contributed by atoms with E-state index < -0.39 is 36.8 Å². The first-order valence-electron chi connectivity index (χ1n) is 17.7. The predicted molar refractivity (Wildman–Crippen MR) is 191 cm³/mol. The number of carbonyl (C=O) groups excluding carboxylic acids is 2. The monoisotopic (exact) mass is 685 g/mol. The van der Waals surface area contributed by atoms with Gasteiger partial charge in [0.15, 0.2) is 11.5 Å². The fourth-order valence-electron chi connectivity index (χ4n) is 7.74. The van der Waals surface area contributed by atoms with Gasteiger partial charge in [0.1, 0.15) is 11.6 Å². The van der Waals surface area contributed by atoms with Crippen LogP contribution in [0.15, 0.2) is 24.4 Å². The predicted octanol–water partition coefficient (Wildman–Crippen LogP) is 5.68. The van der Waals surface area contributed by atoms with Crippen LogP contribution in [-0.4, -0.2) is 76.3 Å². The molecule has 1 aromatic carbocycles. The van der Waals surface area contributed by atoms with E-state index >= 15 is 0 Å². The Morgan fingerprint density at radius 2 is 1.65 bits per heavy atom. The average Bonchev–Trinajstić information content (AvgIpc) is 3.45. The summed E-state index contributed by atoms with van der Waals surface area (Å²) in [7, 11) is 4.17. The average molecular weight is 686 g/mol. The maximum Gasteiger partial charge on any atom is 0.481 e. The lowest BCUT2D eigenvalue weighted by Gasteiger charge is -2.60. The molecule has 0 spiro atoms. The number of methoxy groups -OCH3 is 3. The zero-order chi connectivity index (χ0) is 36.4. The number of benzene rings is 1. The minimum Gasteiger partial charge on any atom is -0.493 e. The highest BCUT2D eigenvalue weighted by Crippen LogP contribution is 2.61. The molecule has 12 heteroatoms. The van der Waals surface area contributed by atoms with Gasteiger partial charge >= 0.3 is 13.2 Å². The molecule has 5 rings (SSSR count). The lowest BCUT2D eigenvalue weighted by atomic mass is 9.47. The molecule has 7 atom stereocenters. The van der Waals surface area contributed by atoms with Crippen molar-refractivity contribution < 1.29 is 37.8 Å². The van der Waals surface area contributed by atoms with E-state index in [0.29, 0.717) is 46.3 Å². The molecule has 11 nitrogen and oxygen atoms in total. The van der Waals surface area contributed by atoms with Crippen LogP contribution >= 0.6 is 0 Å². The molecule has 1 aromatic rings. The van der Waals surface area contributed by atoms with Gasteiger partial charge in [0.2, 0.25) is 11.7 Å². The quantitative estimate of drug-likeness (QED) is 0.200. The van der Waals surface area contributed by atoms with Crippen molar-refractivity contribution in [1.29, 1.82) is 0 Å². The van der Waals surface area contributed by atoms with E-state index in [9.17, 15) is 9.59 Å². The van der Waals surface area contributed by atoms with Gasteiger partial charge in [-0.15, -0.1) is 0 Å². The van der Waals surface area contributed by atoms with Crippen LogP contribution in [0.4, 0.5) is 4.79 Å². The van der Waals surface area contributed by atoms with Gasteiger partial charge in [0.25, 0.3) is 0 Å².